The van der Waals surface area contributed by atoms with E-state index in [-0.39, 0.29) is 11.9 Å². The monoisotopic (exact) mass is 342 g/mol. The first-order valence-electron chi connectivity index (χ1n) is 6.64. The van der Waals surface area contributed by atoms with Crippen molar-refractivity contribution in [2.45, 2.75) is 19.4 Å². The van der Waals surface area contributed by atoms with Gasteiger partial charge < -0.3 is 5.32 Å². The number of carbonyl (C=O) groups excluding carboxylic acids is 1. The first-order valence-corrected chi connectivity index (χ1v) is 7.43. The first kappa shape index (κ1) is 15.3. The molecule has 0 aliphatic heterocycles. The second-order valence-corrected chi connectivity index (χ2v) is 5.81. The molecule has 0 heterocycles. The van der Waals surface area contributed by atoms with Gasteiger partial charge in [-0.05, 0) is 49.2 Å². The molecule has 4 heteroatoms. The third-order valence-corrected chi connectivity index (χ3v) is 3.62. The molecular formula is C17H15BrN2O. The number of hydrogen-bond donors (Lipinski definition) is 1. The lowest BCUT2D eigenvalue weighted by Crippen LogP contribution is -2.34. The number of carbonyl (C=O) groups is 1. The lowest BCUT2D eigenvalue weighted by Gasteiger charge is -2.14. The van der Waals surface area contributed by atoms with Crippen molar-refractivity contribution in [2.24, 2.45) is 0 Å². The van der Waals surface area contributed by atoms with Crippen LogP contribution in [0.15, 0.2) is 53.0 Å². The molecule has 2 aromatic rings. The number of nitrogens with one attached hydrogen (secondary N) is 1. The highest BCUT2D eigenvalue weighted by Crippen LogP contribution is 2.12. The minimum Gasteiger partial charge on any atom is -0.349 e. The minimum atomic E-state index is -0.156. The highest BCUT2D eigenvalue weighted by atomic mass is 79.9. The zero-order chi connectivity index (χ0) is 15.2. The fourth-order valence-electron chi connectivity index (χ4n) is 2.06. The molecule has 0 aliphatic rings. The Balaban J connectivity index is 1.98. The van der Waals surface area contributed by atoms with Crippen molar-refractivity contribution in [1.82, 2.24) is 5.32 Å². The highest BCUT2D eigenvalue weighted by Gasteiger charge is 2.10. The first-order chi connectivity index (χ1) is 10.1. The molecule has 3 nitrogen and oxygen atoms in total. The van der Waals surface area contributed by atoms with Crippen LogP contribution in [0.2, 0.25) is 0 Å². The normalized spacial score (nSPS) is 11.5. The molecule has 0 spiro atoms. The van der Waals surface area contributed by atoms with E-state index in [1.807, 2.05) is 37.3 Å². The number of nitrogens with zero attached hydrogens (tertiary/aromatic N) is 1. The van der Waals surface area contributed by atoms with Gasteiger partial charge in [-0.1, -0.05) is 34.1 Å². The van der Waals surface area contributed by atoms with Crippen LogP contribution < -0.4 is 5.32 Å². The zero-order valence-corrected chi connectivity index (χ0v) is 13.2. The number of rotatable bonds is 4. The Morgan fingerprint density at radius 3 is 2.67 bits per heavy atom. The largest absolute Gasteiger partial charge is 0.349 e. The molecule has 0 saturated heterocycles. The van der Waals surface area contributed by atoms with E-state index in [4.69, 9.17) is 5.26 Å². The Morgan fingerprint density at radius 1 is 1.29 bits per heavy atom. The van der Waals surface area contributed by atoms with Gasteiger partial charge in [0.15, 0.2) is 0 Å². The molecule has 1 atom stereocenters. The van der Waals surface area contributed by atoms with Gasteiger partial charge in [-0.15, -0.1) is 0 Å². The quantitative estimate of drug-likeness (QED) is 0.921. The van der Waals surface area contributed by atoms with Crippen LogP contribution in [0.1, 0.15) is 28.4 Å². The van der Waals surface area contributed by atoms with E-state index >= 15 is 0 Å². The van der Waals surface area contributed by atoms with Crippen molar-refractivity contribution in [3.05, 3.63) is 69.7 Å². The summed E-state index contributed by atoms with van der Waals surface area (Å²) in [5.41, 5.74) is 2.16. The van der Waals surface area contributed by atoms with Gasteiger partial charge >= 0.3 is 0 Å². The van der Waals surface area contributed by atoms with E-state index in [1.165, 1.54) is 0 Å². The van der Waals surface area contributed by atoms with E-state index in [2.05, 4.69) is 21.2 Å². The summed E-state index contributed by atoms with van der Waals surface area (Å²) in [6.45, 7) is 1.97. The number of benzene rings is 2. The fourth-order valence-corrected chi connectivity index (χ4v) is 2.33. The van der Waals surface area contributed by atoms with Crippen LogP contribution in [-0.4, -0.2) is 11.9 Å². The summed E-state index contributed by atoms with van der Waals surface area (Å²) in [5, 5.41) is 11.8. The molecule has 0 aromatic heterocycles. The molecule has 1 amide bonds. The zero-order valence-electron chi connectivity index (χ0n) is 11.6. The molecule has 0 aliphatic carbocycles. The third kappa shape index (κ3) is 4.44. The summed E-state index contributed by atoms with van der Waals surface area (Å²) in [4.78, 5) is 12.1. The Labute approximate surface area is 132 Å². The molecule has 0 bridgehead atoms. The SMILES string of the molecule is C[C@H](Cc1ccc(Br)cc1)NC(=O)c1cccc(C#N)c1. The summed E-state index contributed by atoms with van der Waals surface area (Å²) < 4.78 is 1.04. The summed E-state index contributed by atoms with van der Waals surface area (Å²) in [7, 11) is 0. The lowest BCUT2D eigenvalue weighted by molar-refractivity contribution is 0.0940. The van der Waals surface area contributed by atoms with Gasteiger partial charge in [0.05, 0.1) is 11.6 Å². The molecule has 0 radical (unpaired) electrons. The predicted octanol–water partition coefficient (Wildman–Crippen LogP) is 3.68. The van der Waals surface area contributed by atoms with Gasteiger partial charge in [-0.25, -0.2) is 0 Å². The van der Waals surface area contributed by atoms with Crippen molar-refractivity contribution in [3.63, 3.8) is 0 Å². The summed E-state index contributed by atoms with van der Waals surface area (Å²) in [5.74, 6) is -0.156. The van der Waals surface area contributed by atoms with Gasteiger partial charge in [0.1, 0.15) is 0 Å². The maximum atomic E-state index is 12.1. The average molecular weight is 343 g/mol. The molecule has 1 N–H and O–H groups in total. The summed E-state index contributed by atoms with van der Waals surface area (Å²) in [6, 6.07) is 16.8. The van der Waals surface area contributed by atoms with Crippen LogP contribution in [0.25, 0.3) is 0 Å². The number of amides is 1. The molecular weight excluding hydrogens is 328 g/mol. The van der Waals surface area contributed by atoms with Gasteiger partial charge in [-0.2, -0.15) is 5.26 Å². The molecule has 2 aromatic carbocycles. The maximum absolute atomic E-state index is 12.1. The molecule has 0 unspecified atom stereocenters. The predicted molar refractivity (Wildman–Crippen MR) is 85.9 cm³/mol. The van der Waals surface area contributed by atoms with E-state index < -0.39 is 0 Å². The molecule has 21 heavy (non-hydrogen) atoms. The van der Waals surface area contributed by atoms with Crippen LogP contribution in [0, 0.1) is 11.3 Å². The number of hydrogen-bond acceptors (Lipinski definition) is 2. The number of nitriles is 1. The number of halogens is 1. The van der Waals surface area contributed by atoms with Crippen LogP contribution in [0.3, 0.4) is 0 Å². The second kappa shape index (κ2) is 7.05. The van der Waals surface area contributed by atoms with Crippen LogP contribution in [-0.2, 0) is 6.42 Å². The van der Waals surface area contributed by atoms with E-state index in [0.29, 0.717) is 11.1 Å². The van der Waals surface area contributed by atoms with Gasteiger partial charge in [0.2, 0.25) is 0 Å². The highest BCUT2D eigenvalue weighted by molar-refractivity contribution is 9.10. The Bertz CT molecular complexity index is 674. The molecule has 0 fully saturated rings. The molecule has 2 rings (SSSR count). The van der Waals surface area contributed by atoms with E-state index in [0.717, 1.165) is 16.5 Å². The summed E-state index contributed by atoms with van der Waals surface area (Å²) >= 11 is 3.40. The fraction of sp³-hybridized carbons (Fsp3) is 0.176. The van der Waals surface area contributed by atoms with Crippen molar-refractivity contribution >= 4 is 21.8 Å². The Hall–Kier alpha value is -2.12. The lowest BCUT2D eigenvalue weighted by atomic mass is 10.1. The van der Waals surface area contributed by atoms with Gasteiger partial charge in [0.25, 0.3) is 5.91 Å². The topological polar surface area (TPSA) is 52.9 Å². The van der Waals surface area contributed by atoms with Crippen LogP contribution >= 0.6 is 15.9 Å². The minimum absolute atomic E-state index is 0.0180. The second-order valence-electron chi connectivity index (χ2n) is 4.90. The maximum Gasteiger partial charge on any atom is 0.251 e. The van der Waals surface area contributed by atoms with Crippen LogP contribution in [0.5, 0.6) is 0 Å². The standard InChI is InChI=1S/C17H15BrN2O/c1-12(9-13-5-7-16(18)8-6-13)20-17(21)15-4-2-3-14(10-15)11-19/h2-8,10,12H,9H2,1H3,(H,20,21)/t12-/m1/s1. The van der Waals surface area contributed by atoms with Crippen molar-refractivity contribution in [2.75, 3.05) is 0 Å². The Kier molecular flexibility index (Phi) is 5.13. The van der Waals surface area contributed by atoms with Gasteiger partial charge in [-0.3, -0.25) is 4.79 Å². The Morgan fingerprint density at radius 2 is 2.00 bits per heavy atom. The third-order valence-electron chi connectivity index (χ3n) is 3.09. The summed E-state index contributed by atoms with van der Waals surface area (Å²) in [6.07, 6.45) is 0.761. The van der Waals surface area contributed by atoms with Crippen molar-refractivity contribution in [1.29, 1.82) is 5.26 Å². The van der Waals surface area contributed by atoms with Crippen molar-refractivity contribution < 1.29 is 4.79 Å². The molecule has 106 valence electrons. The van der Waals surface area contributed by atoms with Crippen molar-refractivity contribution in [3.8, 4) is 6.07 Å². The molecule has 0 saturated carbocycles. The smallest absolute Gasteiger partial charge is 0.251 e. The average Bonchev–Trinajstić information content (AvgIpc) is 2.49. The van der Waals surface area contributed by atoms with Crippen LogP contribution in [0.4, 0.5) is 0 Å². The van der Waals surface area contributed by atoms with Gasteiger partial charge in [0, 0.05) is 16.1 Å². The van der Waals surface area contributed by atoms with E-state index in [9.17, 15) is 4.79 Å². The van der Waals surface area contributed by atoms with E-state index in [1.54, 1.807) is 24.3 Å².